The lowest BCUT2D eigenvalue weighted by Gasteiger charge is -2.13. The van der Waals surface area contributed by atoms with Gasteiger partial charge in [0.2, 0.25) is 5.88 Å². The molecule has 0 radical (unpaired) electrons. The minimum atomic E-state index is -0.358. The first kappa shape index (κ1) is 15.2. The van der Waals surface area contributed by atoms with E-state index in [0.29, 0.717) is 42.3 Å². The molecule has 0 saturated carbocycles. The first-order chi connectivity index (χ1) is 11.2. The SMILES string of the molecule is NCCOc1ncccc1NC(=O)c1c[nH]c2c1C(=O)CCC2. The number of fused-ring (bicyclic) bond motifs is 1. The fourth-order valence-electron chi connectivity index (χ4n) is 2.66. The highest BCUT2D eigenvalue weighted by Gasteiger charge is 2.26. The topological polar surface area (TPSA) is 110 Å². The summed E-state index contributed by atoms with van der Waals surface area (Å²) in [5.41, 5.74) is 7.56. The highest BCUT2D eigenvalue weighted by molar-refractivity contribution is 6.13. The van der Waals surface area contributed by atoms with Crippen molar-refractivity contribution in [2.75, 3.05) is 18.5 Å². The number of aromatic nitrogens is 2. The minimum Gasteiger partial charge on any atom is -0.475 e. The van der Waals surface area contributed by atoms with Crippen LogP contribution in [-0.2, 0) is 6.42 Å². The zero-order chi connectivity index (χ0) is 16.2. The van der Waals surface area contributed by atoms with Crippen molar-refractivity contribution in [3.8, 4) is 5.88 Å². The molecule has 0 fully saturated rings. The van der Waals surface area contributed by atoms with Crippen LogP contribution >= 0.6 is 0 Å². The van der Waals surface area contributed by atoms with E-state index in [0.717, 1.165) is 18.5 Å². The molecule has 3 rings (SSSR count). The molecule has 2 heterocycles. The Morgan fingerprint density at radius 1 is 1.43 bits per heavy atom. The molecular weight excluding hydrogens is 296 g/mol. The highest BCUT2D eigenvalue weighted by atomic mass is 16.5. The monoisotopic (exact) mass is 314 g/mol. The van der Waals surface area contributed by atoms with Gasteiger partial charge in [0.15, 0.2) is 5.78 Å². The fraction of sp³-hybridized carbons (Fsp3) is 0.312. The second kappa shape index (κ2) is 6.62. The van der Waals surface area contributed by atoms with Gasteiger partial charge in [-0.15, -0.1) is 0 Å². The van der Waals surface area contributed by atoms with Crippen molar-refractivity contribution in [2.24, 2.45) is 5.73 Å². The molecule has 23 heavy (non-hydrogen) atoms. The van der Waals surface area contributed by atoms with E-state index in [-0.39, 0.29) is 11.7 Å². The number of aryl methyl sites for hydroxylation is 1. The maximum Gasteiger partial charge on any atom is 0.258 e. The Bertz CT molecular complexity index is 739. The number of carbonyl (C=O) groups is 2. The van der Waals surface area contributed by atoms with Crippen LogP contribution in [0.15, 0.2) is 24.5 Å². The molecule has 7 nitrogen and oxygen atoms in total. The quantitative estimate of drug-likeness (QED) is 0.775. The molecule has 1 aliphatic carbocycles. The summed E-state index contributed by atoms with van der Waals surface area (Å²) in [6.45, 7) is 0.654. The summed E-state index contributed by atoms with van der Waals surface area (Å²) in [5, 5.41) is 2.75. The summed E-state index contributed by atoms with van der Waals surface area (Å²) >= 11 is 0. The molecule has 2 aromatic heterocycles. The number of hydrogen-bond donors (Lipinski definition) is 3. The number of hydrogen-bond acceptors (Lipinski definition) is 5. The maximum atomic E-state index is 12.5. The second-order valence-corrected chi connectivity index (χ2v) is 5.28. The summed E-state index contributed by atoms with van der Waals surface area (Å²) < 4.78 is 5.41. The summed E-state index contributed by atoms with van der Waals surface area (Å²) in [6.07, 6.45) is 5.23. The minimum absolute atomic E-state index is 0.00319. The van der Waals surface area contributed by atoms with Gasteiger partial charge >= 0.3 is 0 Å². The highest BCUT2D eigenvalue weighted by Crippen LogP contribution is 2.26. The first-order valence-electron chi connectivity index (χ1n) is 7.53. The largest absolute Gasteiger partial charge is 0.475 e. The van der Waals surface area contributed by atoms with Gasteiger partial charge in [-0.05, 0) is 25.0 Å². The van der Waals surface area contributed by atoms with Gasteiger partial charge in [-0.25, -0.2) is 4.98 Å². The van der Waals surface area contributed by atoms with Crippen LogP contribution in [0.1, 0.15) is 39.3 Å². The van der Waals surface area contributed by atoms with E-state index < -0.39 is 0 Å². The van der Waals surface area contributed by atoms with Crippen molar-refractivity contribution in [1.29, 1.82) is 0 Å². The number of nitrogens with one attached hydrogen (secondary N) is 2. The number of aromatic amines is 1. The Morgan fingerprint density at radius 2 is 2.30 bits per heavy atom. The number of ketones is 1. The molecule has 0 aromatic carbocycles. The number of ether oxygens (including phenoxy) is 1. The van der Waals surface area contributed by atoms with E-state index in [1.807, 2.05) is 0 Å². The van der Waals surface area contributed by atoms with E-state index in [4.69, 9.17) is 10.5 Å². The van der Waals surface area contributed by atoms with E-state index in [9.17, 15) is 9.59 Å². The van der Waals surface area contributed by atoms with Gasteiger partial charge in [0.1, 0.15) is 12.3 Å². The molecule has 7 heteroatoms. The molecule has 4 N–H and O–H groups in total. The summed E-state index contributed by atoms with van der Waals surface area (Å²) in [7, 11) is 0. The molecule has 0 saturated heterocycles. The zero-order valence-electron chi connectivity index (χ0n) is 12.6. The van der Waals surface area contributed by atoms with Crippen LogP contribution in [0.4, 0.5) is 5.69 Å². The molecular formula is C16H18N4O3. The zero-order valence-corrected chi connectivity index (χ0v) is 12.6. The van der Waals surface area contributed by atoms with Crippen molar-refractivity contribution in [1.82, 2.24) is 9.97 Å². The smallest absolute Gasteiger partial charge is 0.258 e. The van der Waals surface area contributed by atoms with Crippen molar-refractivity contribution < 1.29 is 14.3 Å². The molecule has 0 spiro atoms. The summed E-state index contributed by atoms with van der Waals surface area (Å²) in [4.78, 5) is 31.7. The molecule has 2 aromatic rings. The average Bonchev–Trinajstić information content (AvgIpc) is 2.99. The molecule has 0 bridgehead atoms. The van der Waals surface area contributed by atoms with Crippen LogP contribution in [0.3, 0.4) is 0 Å². The number of anilines is 1. The van der Waals surface area contributed by atoms with Gasteiger partial charge in [-0.2, -0.15) is 0 Å². The predicted octanol–water partition coefficient (Wildman–Crippen LogP) is 1.52. The third kappa shape index (κ3) is 3.09. The Labute approximate surface area is 133 Å². The summed E-state index contributed by atoms with van der Waals surface area (Å²) in [5.74, 6) is -0.0474. The van der Waals surface area contributed by atoms with Crippen LogP contribution in [0.2, 0.25) is 0 Å². The number of carbonyl (C=O) groups excluding carboxylic acids is 2. The number of rotatable bonds is 5. The number of H-pyrrole nitrogens is 1. The Hall–Kier alpha value is -2.67. The van der Waals surface area contributed by atoms with E-state index in [1.54, 1.807) is 24.5 Å². The molecule has 0 unspecified atom stereocenters. The van der Waals surface area contributed by atoms with Crippen LogP contribution in [0.25, 0.3) is 0 Å². The van der Waals surface area contributed by atoms with Gasteiger partial charge in [-0.3, -0.25) is 9.59 Å². The Morgan fingerprint density at radius 3 is 3.13 bits per heavy atom. The molecule has 1 aliphatic rings. The van der Waals surface area contributed by atoms with Gasteiger partial charge < -0.3 is 20.8 Å². The number of nitrogens with zero attached hydrogens (tertiary/aromatic N) is 1. The van der Waals surface area contributed by atoms with Gasteiger partial charge in [0.25, 0.3) is 5.91 Å². The van der Waals surface area contributed by atoms with E-state index >= 15 is 0 Å². The van der Waals surface area contributed by atoms with Gasteiger partial charge in [0.05, 0.1) is 11.1 Å². The second-order valence-electron chi connectivity index (χ2n) is 5.28. The normalized spacial score (nSPS) is 13.5. The van der Waals surface area contributed by atoms with E-state index in [2.05, 4.69) is 15.3 Å². The van der Waals surface area contributed by atoms with Gasteiger partial charge in [-0.1, -0.05) is 0 Å². The van der Waals surface area contributed by atoms with Crippen molar-refractivity contribution in [3.63, 3.8) is 0 Å². The Kier molecular flexibility index (Phi) is 4.38. The van der Waals surface area contributed by atoms with Gasteiger partial charge in [0, 0.05) is 31.1 Å². The molecule has 0 atom stereocenters. The number of Topliss-reactive ketones (excluding diaryl/α,β-unsaturated/α-hetero) is 1. The first-order valence-corrected chi connectivity index (χ1v) is 7.53. The van der Waals surface area contributed by atoms with Crippen molar-refractivity contribution in [3.05, 3.63) is 41.3 Å². The lowest BCUT2D eigenvalue weighted by molar-refractivity contribution is 0.0956. The number of nitrogens with two attached hydrogens (primary N) is 1. The third-order valence-electron chi connectivity index (χ3n) is 3.69. The lowest BCUT2D eigenvalue weighted by Crippen LogP contribution is -2.19. The lowest BCUT2D eigenvalue weighted by atomic mass is 9.93. The Balaban J connectivity index is 1.83. The number of amides is 1. The molecule has 1 amide bonds. The standard InChI is InChI=1S/C16H18N4O3/c17-6-8-23-16-12(4-2-7-18-16)20-15(22)10-9-19-11-3-1-5-13(21)14(10)11/h2,4,7,9,19H,1,3,5-6,8,17H2,(H,20,22). The van der Waals surface area contributed by atoms with Crippen molar-refractivity contribution >= 4 is 17.4 Å². The van der Waals surface area contributed by atoms with Crippen LogP contribution in [0, 0.1) is 0 Å². The van der Waals surface area contributed by atoms with Crippen LogP contribution < -0.4 is 15.8 Å². The third-order valence-corrected chi connectivity index (χ3v) is 3.69. The maximum absolute atomic E-state index is 12.5. The van der Waals surface area contributed by atoms with Crippen LogP contribution in [-0.4, -0.2) is 34.8 Å². The fourth-order valence-corrected chi connectivity index (χ4v) is 2.66. The summed E-state index contributed by atoms with van der Waals surface area (Å²) in [6, 6.07) is 3.39. The van der Waals surface area contributed by atoms with Crippen LogP contribution in [0.5, 0.6) is 5.88 Å². The molecule has 120 valence electrons. The molecule has 0 aliphatic heterocycles. The van der Waals surface area contributed by atoms with E-state index in [1.165, 1.54) is 0 Å². The van der Waals surface area contributed by atoms with Crippen molar-refractivity contribution in [2.45, 2.75) is 19.3 Å². The number of pyridine rings is 1. The predicted molar refractivity (Wildman–Crippen MR) is 84.8 cm³/mol. The average molecular weight is 314 g/mol.